The minimum atomic E-state index is -0.111. The predicted molar refractivity (Wildman–Crippen MR) is 116 cm³/mol. The van der Waals surface area contributed by atoms with Crippen LogP contribution in [0.5, 0.6) is 0 Å². The van der Waals surface area contributed by atoms with Gasteiger partial charge in [-0.3, -0.25) is 9.59 Å². The van der Waals surface area contributed by atoms with Gasteiger partial charge in [-0.2, -0.15) is 0 Å². The van der Waals surface area contributed by atoms with Crippen LogP contribution in [0.2, 0.25) is 0 Å². The van der Waals surface area contributed by atoms with Gasteiger partial charge in [0, 0.05) is 30.3 Å². The van der Waals surface area contributed by atoms with Crippen LogP contribution in [-0.2, 0) is 13.1 Å². The maximum atomic E-state index is 13.0. The third kappa shape index (κ3) is 5.55. The summed E-state index contributed by atoms with van der Waals surface area (Å²) in [5.74, 6) is -0.108. The molecular formula is C25H26N2O2. The van der Waals surface area contributed by atoms with E-state index in [0.717, 1.165) is 11.1 Å². The summed E-state index contributed by atoms with van der Waals surface area (Å²) in [5.41, 5.74) is 3.33. The van der Waals surface area contributed by atoms with Gasteiger partial charge in [0.1, 0.15) is 0 Å². The third-order valence-electron chi connectivity index (χ3n) is 4.77. The van der Waals surface area contributed by atoms with E-state index in [1.54, 1.807) is 12.1 Å². The number of hydrogen-bond acceptors (Lipinski definition) is 2. The lowest BCUT2D eigenvalue weighted by Gasteiger charge is -2.27. The number of rotatable bonds is 7. The second-order valence-electron chi connectivity index (χ2n) is 7.26. The van der Waals surface area contributed by atoms with Crippen molar-refractivity contribution < 1.29 is 9.59 Å². The first-order valence-electron chi connectivity index (χ1n) is 9.81. The van der Waals surface area contributed by atoms with E-state index in [1.807, 2.05) is 91.5 Å². The van der Waals surface area contributed by atoms with Crippen molar-refractivity contribution in [3.63, 3.8) is 0 Å². The minimum Gasteiger partial charge on any atom is -0.348 e. The van der Waals surface area contributed by atoms with E-state index in [2.05, 4.69) is 5.32 Å². The van der Waals surface area contributed by atoms with E-state index >= 15 is 0 Å². The lowest BCUT2D eigenvalue weighted by atomic mass is 10.1. The van der Waals surface area contributed by atoms with Gasteiger partial charge in [-0.1, -0.05) is 60.7 Å². The highest BCUT2D eigenvalue weighted by atomic mass is 16.2. The topological polar surface area (TPSA) is 49.4 Å². The normalized spacial score (nSPS) is 10.6. The minimum absolute atomic E-state index is 0.00345. The summed E-state index contributed by atoms with van der Waals surface area (Å²) < 4.78 is 0. The van der Waals surface area contributed by atoms with Gasteiger partial charge in [-0.15, -0.1) is 0 Å². The molecule has 0 aliphatic heterocycles. The summed E-state index contributed by atoms with van der Waals surface area (Å²) in [6.45, 7) is 5.04. The van der Waals surface area contributed by atoms with E-state index in [1.165, 1.54) is 0 Å². The molecule has 0 aromatic heterocycles. The number of carbonyl (C=O) groups excluding carboxylic acids is 2. The van der Waals surface area contributed by atoms with Crippen LogP contribution >= 0.6 is 0 Å². The molecule has 0 spiro atoms. The van der Waals surface area contributed by atoms with Crippen LogP contribution in [0, 0.1) is 0 Å². The standard InChI is InChI=1S/C25H26N2O2/c1-19(2)27(18-21-9-5-3-6-10-21)25(29)23-15-13-20(14-16-23)17-26-24(28)22-11-7-4-8-12-22/h3-16,19H,17-18H2,1-2H3,(H,26,28). The van der Waals surface area contributed by atoms with Crippen molar-refractivity contribution in [3.8, 4) is 0 Å². The van der Waals surface area contributed by atoms with Crippen molar-refractivity contribution in [3.05, 3.63) is 107 Å². The zero-order valence-electron chi connectivity index (χ0n) is 16.8. The molecule has 0 bridgehead atoms. The van der Waals surface area contributed by atoms with Crippen molar-refractivity contribution >= 4 is 11.8 Å². The van der Waals surface area contributed by atoms with Crippen LogP contribution in [0.4, 0.5) is 0 Å². The maximum Gasteiger partial charge on any atom is 0.254 e. The van der Waals surface area contributed by atoms with Crippen molar-refractivity contribution in [1.29, 1.82) is 0 Å². The van der Waals surface area contributed by atoms with E-state index in [0.29, 0.717) is 24.2 Å². The highest BCUT2D eigenvalue weighted by Gasteiger charge is 2.19. The summed E-state index contributed by atoms with van der Waals surface area (Å²) in [6.07, 6.45) is 0. The Hall–Kier alpha value is -3.40. The van der Waals surface area contributed by atoms with Crippen LogP contribution in [0.15, 0.2) is 84.9 Å². The molecule has 4 nitrogen and oxygen atoms in total. The first kappa shape index (κ1) is 20.3. The Morgan fingerprint density at radius 2 is 1.34 bits per heavy atom. The highest BCUT2D eigenvalue weighted by molar-refractivity contribution is 5.95. The Morgan fingerprint density at radius 1 is 0.759 bits per heavy atom. The molecule has 0 unspecified atom stereocenters. The van der Waals surface area contributed by atoms with Gasteiger partial charge in [0.2, 0.25) is 0 Å². The van der Waals surface area contributed by atoms with Gasteiger partial charge in [0.05, 0.1) is 0 Å². The maximum absolute atomic E-state index is 13.0. The van der Waals surface area contributed by atoms with Gasteiger partial charge in [-0.25, -0.2) is 0 Å². The summed E-state index contributed by atoms with van der Waals surface area (Å²) in [5, 5.41) is 2.90. The molecule has 0 atom stereocenters. The van der Waals surface area contributed by atoms with E-state index in [4.69, 9.17) is 0 Å². The number of benzene rings is 3. The first-order valence-corrected chi connectivity index (χ1v) is 9.81. The molecule has 0 saturated carbocycles. The zero-order chi connectivity index (χ0) is 20.6. The Labute approximate surface area is 172 Å². The second-order valence-corrected chi connectivity index (χ2v) is 7.26. The summed E-state index contributed by atoms with van der Waals surface area (Å²) in [6, 6.07) is 26.6. The SMILES string of the molecule is CC(C)N(Cc1ccccc1)C(=O)c1ccc(CNC(=O)c2ccccc2)cc1. The molecule has 1 N–H and O–H groups in total. The van der Waals surface area contributed by atoms with Crippen LogP contribution in [0.25, 0.3) is 0 Å². The largest absolute Gasteiger partial charge is 0.348 e. The van der Waals surface area contributed by atoms with Crippen LogP contribution < -0.4 is 5.32 Å². The molecule has 3 aromatic rings. The van der Waals surface area contributed by atoms with Crippen molar-refractivity contribution in [2.45, 2.75) is 33.0 Å². The lowest BCUT2D eigenvalue weighted by molar-refractivity contribution is 0.0690. The van der Waals surface area contributed by atoms with Crippen LogP contribution in [0.3, 0.4) is 0 Å². The summed E-state index contributed by atoms with van der Waals surface area (Å²) in [7, 11) is 0. The Kier molecular flexibility index (Phi) is 6.80. The first-order chi connectivity index (χ1) is 14.0. The fraction of sp³-hybridized carbons (Fsp3) is 0.200. The smallest absolute Gasteiger partial charge is 0.254 e. The monoisotopic (exact) mass is 386 g/mol. The molecule has 0 aliphatic carbocycles. The fourth-order valence-electron chi connectivity index (χ4n) is 3.07. The Bertz CT molecular complexity index is 936. The number of hydrogen-bond donors (Lipinski definition) is 1. The number of amides is 2. The van der Waals surface area contributed by atoms with Crippen LogP contribution in [0.1, 0.15) is 45.7 Å². The molecule has 0 heterocycles. The molecular weight excluding hydrogens is 360 g/mol. The molecule has 4 heteroatoms. The third-order valence-corrected chi connectivity index (χ3v) is 4.77. The van der Waals surface area contributed by atoms with Gasteiger partial charge in [-0.05, 0) is 49.2 Å². The van der Waals surface area contributed by atoms with E-state index in [9.17, 15) is 9.59 Å². The molecule has 148 valence electrons. The van der Waals surface area contributed by atoms with Crippen molar-refractivity contribution in [1.82, 2.24) is 10.2 Å². The van der Waals surface area contributed by atoms with Gasteiger partial charge >= 0.3 is 0 Å². The molecule has 3 aromatic carbocycles. The Morgan fingerprint density at radius 3 is 1.93 bits per heavy atom. The molecule has 0 radical (unpaired) electrons. The van der Waals surface area contributed by atoms with E-state index in [-0.39, 0.29) is 17.9 Å². The van der Waals surface area contributed by atoms with Crippen molar-refractivity contribution in [2.75, 3.05) is 0 Å². The average Bonchev–Trinajstić information content (AvgIpc) is 2.77. The molecule has 2 amide bonds. The van der Waals surface area contributed by atoms with Gasteiger partial charge in [0.25, 0.3) is 11.8 Å². The quantitative estimate of drug-likeness (QED) is 0.642. The average molecular weight is 386 g/mol. The molecule has 0 aliphatic rings. The van der Waals surface area contributed by atoms with Gasteiger partial charge < -0.3 is 10.2 Å². The lowest BCUT2D eigenvalue weighted by Crippen LogP contribution is -2.36. The molecule has 0 fully saturated rings. The van der Waals surface area contributed by atoms with Crippen LogP contribution in [-0.4, -0.2) is 22.8 Å². The summed E-state index contributed by atoms with van der Waals surface area (Å²) in [4.78, 5) is 27.0. The van der Waals surface area contributed by atoms with Gasteiger partial charge in [0.15, 0.2) is 0 Å². The fourth-order valence-corrected chi connectivity index (χ4v) is 3.07. The predicted octanol–water partition coefficient (Wildman–Crippen LogP) is 4.67. The second kappa shape index (κ2) is 9.69. The van der Waals surface area contributed by atoms with E-state index < -0.39 is 0 Å². The summed E-state index contributed by atoms with van der Waals surface area (Å²) >= 11 is 0. The number of nitrogens with one attached hydrogen (secondary N) is 1. The highest BCUT2D eigenvalue weighted by Crippen LogP contribution is 2.14. The molecule has 3 rings (SSSR count). The number of carbonyl (C=O) groups is 2. The molecule has 29 heavy (non-hydrogen) atoms. The molecule has 0 saturated heterocycles. The zero-order valence-corrected chi connectivity index (χ0v) is 16.8. The number of nitrogens with zero attached hydrogens (tertiary/aromatic N) is 1. The van der Waals surface area contributed by atoms with Crippen molar-refractivity contribution in [2.24, 2.45) is 0 Å². The Balaban J connectivity index is 1.63.